The van der Waals surface area contributed by atoms with Crippen LogP contribution in [0.4, 0.5) is 25.1 Å². The quantitative estimate of drug-likeness (QED) is 0.216. The molecule has 4 nitrogen and oxygen atoms in total. The van der Waals surface area contributed by atoms with Gasteiger partial charge in [0.15, 0.2) is 5.69 Å². The molecule has 3 aromatic rings. The predicted molar refractivity (Wildman–Crippen MR) is 132 cm³/mol. The van der Waals surface area contributed by atoms with Gasteiger partial charge in [0.1, 0.15) is 10.0 Å². The van der Waals surface area contributed by atoms with Gasteiger partial charge in [-0.15, -0.1) is 0 Å². The molecule has 0 radical (unpaired) electrons. The second-order valence-corrected chi connectivity index (χ2v) is 11.2. The third-order valence-corrected chi connectivity index (χ3v) is 7.13. The topological polar surface area (TPSA) is 45.2 Å². The van der Waals surface area contributed by atoms with Crippen molar-refractivity contribution in [3.05, 3.63) is 86.6 Å². The minimum absolute atomic E-state index is 0.00207. The molecule has 190 valence electrons. The smallest absolute Gasteiger partial charge is 0.310 e. The fraction of sp³-hybridized carbons (Fsp3) is 0.182. The van der Waals surface area contributed by atoms with E-state index in [1.807, 2.05) is 0 Å². The van der Waals surface area contributed by atoms with E-state index in [2.05, 4.69) is 10.3 Å². The minimum atomic E-state index is -9.81. The number of hydrogen-bond acceptors (Lipinski definition) is 3. The largest absolute Gasteiger partial charge is 0.386 e. The Balaban J connectivity index is 1.92. The molecule has 1 aromatic heterocycles. The standard InChI is InChI=1S/C22H19Cl3F5N3OS/c1-31-19-8-9-20(25)32-21(19)22(34)33(11-10-14-4-7-17(23)18(24)12-14)13-15-2-5-16(6-3-15)35(26,27,28,29)30/h2-9,12,31H,10-11,13H2,1H3. The summed E-state index contributed by atoms with van der Waals surface area (Å²) in [6.07, 6.45) is 0.321. The van der Waals surface area contributed by atoms with Crippen molar-refractivity contribution in [3.63, 3.8) is 0 Å². The molecule has 0 spiro atoms. The van der Waals surface area contributed by atoms with Crippen molar-refractivity contribution in [1.82, 2.24) is 9.88 Å². The van der Waals surface area contributed by atoms with Crippen molar-refractivity contribution in [2.75, 3.05) is 18.9 Å². The summed E-state index contributed by atoms with van der Waals surface area (Å²) in [7, 11) is -8.22. The van der Waals surface area contributed by atoms with Gasteiger partial charge in [-0.05, 0) is 53.9 Å². The van der Waals surface area contributed by atoms with E-state index >= 15 is 0 Å². The van der Waals surface area contributed by atoms with Gasteiger partial charge in [-0.25, -0.2) is 4.98 Å². The molecule has 35 heavy (non-hydrogen) atoms. The fourth-order valence-electron chi connectivity index (χ4n) is 3.23. The van der Waals surface area contributed by atoms with Gasteiger partial charge in [-0.1, -0.05) is 72.4 Å². The third kappa shape index (κ3) is 7.13. The normalized spacial score (nSPS) is 13.6. The number of anilines is 1. The number of nitrogens with one attached hydrogen (secondary N) is 1. The number of carbonyl (C=O) groups excluding carboxylic acids is 1. The molecule has 0 saturated carbocycles. The number of rotatable bonds is 8. The van der Waals surface area contributed by atoms with Crippen LogP contribution in [-0.4, -0.2) is 29.4 Å². The lowest BCUT2D eigenvalue weighted by molar-refractivity contribution is 0.0740. The van der Waals surface area contributed by atoms with Crippen LogP contribution in [-0.2, 0) is 13.0 Å². The maximum absolute atomic E-state index is 13.4. The van der Waals surface area contributed by atoms with E-state index in [1.54, 1.807) is 31.3 Å². The number of carbonyl (C=O) groups is 1. The molecule has 0 unspecified atom stereocenters. The highest BCUT2D eigenvalue weighted by atomic mass is 35.5. The first-order valence-electron chi connectivity index (χ1n) is 9.98. The Hall–Kier alpha value is -2.27. The van der Waals surface area contributed by atoms with Gasteiger partial charge in [0.05, 0.1) is 15.7 Å². The van der Waals surface area contributed by atoms with Crippen molar-refractivity contribution in [1.29, 1.82) is 0 Å². The number of nitrogens with zero attached hydrogens (tertiary/aromatic N) is 2. The number of benzene rings is 2. The first-order valence-corrected chi connectivity index (χ1v) is 13.1. The monoisotopic (exact) mass is 573 g/mol. The molecular weight excluding hydrogens is 556 g/mol. The summed E-state index contributed by atoms with van der Waals surface area (Å²) in [6.45, 7) is -0.0600. The summed E-state index contributed by atoms with van der Waals surface area (Å²) >= 11 is 18.0. The van der Waals surface area contributed by atoms with Gasteiger partial charge in [0.25, 0.3) is 5.91 Å². The first kappa shape index (κ1) is 27.3. The summed E-state index contributed by atoms with van der Waals surface area (Å²) in [5.74, 6) is -0.561. The minimum Gasteiger partial charge on any atom is -0.386 e. The third-order valence-electron chi connectivity index (χ3n) is 5.02. The Labute approximate surface area is 213 Å². The molecule has 0 bridgehead atoms. The molecule has 0 aliphatic rings. The van der Waals surface area contributed by atoms with Crippen LogP contribution in [0, 0.1) is 0 Å². The van der Waals surface area contributed by atoms with Crippen molar-refractivity contribution < 1.29 is 24.2 Å². The van der Waals surface area contributed by atoms with Crippen molar-refractivity contribution in [3.8, 4) is 0 Å². The fourth-order valence-corrected chi connectivity index (χ4v) is 4.35. The highest BCUT2D eigenvalue weighted by Crippen LogP contribution is 3.02. The van der Waals surface area contributed by atoms with Gasteiger partial charge in [0.2, 0.25) is 0 Å². The van der Waals surface area contributed by atoms with E-state index in [4.69, 9.17) is 34.8 Å². The highest BCUT2D eigenvalue weighted by molar-refractivity contribution is 8.45. The molecule has 2 aromatic carbocycles. The van der Waals surface area contributed by atoms with Crippen LogP contribution in [0.15, 0.2) is 59.5 Å². The number of pyridine rings is 1. The maximum atomic E-state index is 13.4. The summed E-state index contributed by atoms with van der Waals surface area (Å²) in [6, 6.07) is 10.5. The molecule has 13 heteroatoms. The molecule has 0 atom stereocenters. The van der Waals surface area contributed by atoms with E-state index in [1.165, 1.54) is 11.0 Å². The molecule has 1 heterocycles. The van der Waals surface area contributed by atoms with Crippen molar-refractivity contribution >= 4 is 56.6 Å². The summed E-state index contributed by atoms with van der Waals surface area (Å²) in [5, 5.41) is 3.58. The molecule has 0 fully saturated rings. The van der Waals surface area contributed by atoms with Gasteiger partial charge < -0.3 is 10.2 Å². The van der Waals surface area contributed by atoms with Gasteiger partial charge in [-0.3, -0.25) is 4.79 Å². The van der Waals surface area contributed by atoms with Gasteiger partial charge in [-0.2, -0.15) is 0 Å². The Bertz CT molecular complexity index is 1260. The summed E-state index contributed by atoms with van der Waals surface area (Å²) in [5.41, 5.74) is 1.35. The van der Waals surface area contributed by atoms with Crippen LogP contribution in [0.3, 0.4) is 0 Å². The lowest BCUT2D eigenvalue weighted by Crippen LogP contribution is -2.33. The number of amides is 1. The Kier molecular flexibility index (Phi) is 7.27. The van der Waals surface area contributed by atoms with Crippen LogP contribution in [0.25, 0.3) is 0 Å². The van der Waals surface area contributed by atoms with Crippen LogP contribution in [0.5, 0.6) is 0 Å². The molecule has 0 aliphatic carbocycles. The van der Waals surface area contributed by atoms with Crippen LogP contribution in [0.2, 0.25) is 15.2 Å². The van der Waals surface area contributed by atoms with Gasteiger partial charge >= 0.3 is 10.2 Å². The van der Waals surface area contributed by atoms with Crippen LogP contribution in [0.1, 0.15) is 21.6 Å². The zero-order chi connectivity index (χ0) is 26.1. The maximum Gasteiger partial charge on any atom is 0.310 e. The zero-order valence-corrected chi connectivity index (χ0v) is 21.1. The Morgan fingerprint density at radius 2 is 1.54 bits per heavy atom. The van der Waals surface area contributed by atoms with Crippen molar-refractivity contribution in [2.45, 2.75) is 17.9 Å². The SMILES string of the molecule is CNc1ccc(Cl)nc1C(=O)N(CCc1ccc(Cl)c(Cl)c1)Cc1ccc(S(F)(F)(F)(F)F)cc1. The Morgan fingerprint density at radius 3 is 2.11 bits per heavy atom. The molecule has 0 saturated heterocycles. The Morgan fingerprint density at radius 1 is 0.914 bits per heavy atom. The predicted octanol–water partition coefficient (Wildman–Crippen LogP) is 8.63. The molecule has 3 rings (SSSR count). The number of halogens is 8. The second kappa shape index (κ2) is 9.31. The summed E-state index contributed by atoms with van der Waals surface area (Å²) in [4.78, 5) is 16.8. The first-order chi connectivity index (χ1) is 16.1. The molecule has 0 aliphatic heterocycles. The second-order valence-electron chi connectivity index (χ2n) is 7.62. The molecule has 1 N–H and O–H groups in total. The van der Waals surface area contributed by atoms with Crippen LogP contribution < -0.4 is 5.32 Å². The lowest BCUT2D eigenvalue weighted by Gasteiger charge is -2.40. The average Bonchev–Trinajstić information content (AvgIpc) is 2.77. The number of hydrogen-bond donors (Lipinski definition) is 1. The lowest BCUT2D eigenvalue weighted by atomic mass is 10.1. The van der Waals surface area contributed by atoms with E-state index < -0.39 is 21.0 Å². The van der Waals surface area contributed by atoms with Crippen molar-refractivity contribution in [2.24, 2.45) is 0 Å². The van der Waals surface area contributed by atoms with E-state index in [9.17, 15) is 24.2 Å². The zero-order valence-electron chi connectivity index (χ0n) is 18.1. The average molecular weight is 575 g/mol. The van der Waals surface area contributed by atoms with Gasteiger partial charge in [0, 0.05) is 20.1 Å². The molecule has 1 amide bonds. The summed E-state index contributed by atoms with van der Waals surface area (Å²) < 4.78 is 65.3. The van der Waals surface area contributed by atoms with Crippen LogP contribution >= 0.6 is 45.0 Å². The number of aromatic nitrogens is 1. The van der Waals surface area contributed by atoms with E-state index in [0.29, 0.717) is 34.3 Å². The molecular formula is C22H19Cl3F5N3OS. The highest BCUT2D eigenvalue weighted by Gasteiger charge is 2.65. The van der Waals surface area contributed by atoms with E-state index in [0.717, 1.165) is 17.7 Å². The van der Waals surface area contributed by atoms with E-state index in [-0.39, 0.29) is 29.5 Å².